The number of nitrogens with one attached hydrogen (secondary N) is 1. The van der Waals surface area contributed by atoms with Gasteiger partial charge >= 0.3 is 0 Å². The fourth-order valence-electron chi connectivity index (χ4n) is 4.22. The molecule has 0 spiro atoms. The van der Waals surface area contributed by atoms with E-state index in [1.807, 2.05) is 26.2 Å². The van der Waals surface area contributed by atoms with Gasteiger partial charge in [0.25, 0.3) is 0 Å². The predicted octanol–water partition coefficient (Wildman–Crippen LogP) is 4.80. The van der Waals surface area contributed by atoms with E-state index in [0.717, 1.165) is 42.0 Å². The largest absolute Gasteiger partial charge is 0.393 e. The molecule has 0 unspecified atom stereocenters. The first-order valence-electron chi connectivity index (χ1n) is 11.4. The molecule has 0 radical (unpaired) electrons. The first kappa shape index (κ1) is 23.5. The van der Waals surface area contributed by atoms with Gasteiger partial charge in [0.15, 0.2) is 0 Å². The van der Waals surface area contributed by atoms with E-state index < -0.39 is 11.6 Å². The van der Waals surface area contributed by atoms with Gasteiger partial charge in [-0.25, -0.2) is 23.7 Å². The van der Waals surface area contributed by atoms with Gasteiger partial charge in [-0.15, -0.1) is 11.3 Å². The first-order chi connectivity index (χ1) is 16.9. The summed E-state index contributed by atoms with van der Waals surface area (Å²) in [6, 6.07) is 9.49. The summed E-state index contributed by atoms with van der Waals surface area (Å²) in [5.74, 6) is -0.0989. The number of aliphatic hydroxyl groups is 1. The zero-order valence-electron chi connectivity index (χ0n) is 19.5. The molecule has 0 saturated carbocycles. The van der Waals surface area contributed by atoms with Crippen LogP contribution in [0.5, 0.6) is 0 Å². The topological polar surface area (TPSA) is 77.4 Å². The molecule has 2 N–H and O–H groups in total. The van der Waals surface area contributed by atoms with Crippen molar-refractivity contribution in [3.8, 4) is 10.6 Å². The highest BCUT2D eigenvalue weighted by atomic mass is 32.1. The van der Waals surface area contributed by atoms with Crippen LogP contribution >= 0.6 is 11.3 Å². The van der Waals surface area contributed by atoms with E-state index in [-0.39, 0.29) is 16.7 Å². The second-order valence-electron chi connectivity index (χ2n) is 8.90. The number of benzene rings is 1. The fourth-order valence-corrected chi connectivity index (χ4v) is 5.18. The summed E-state index contributed by atoms with van der Waals surface area (Å²) in [4.78, 5) is 18.1. The van der Waals surface area contributed by atoms with E-state index in [1.54, 1.807) is 12.3 Å². The molecule has 1 aliphatic heterocycles. The molecule has 3 aromatic heterocycles. The minimum atomic E-state index is -0.642. The van der Waals surface area contributed by atoms with Crippen LogP contribution in [-0.4, -0.2) is 58.2 Å². The summed E-state index contributed by atoms with van der Waals surface area (Å²) in [6.45, 7) is 2.26. The van der Waals surface area contributed by atoms with Gasteiger partial charge in [-0.3, -0.25) is 0 Å². The van der Waals surface area contributed by atoms with Crippen LogP contribution in [0.25, 0.3) is 20.8 Å². The highest BCUT2D eigenvalue weighted by Crippen LogP contribution is 2.34. The molecule has 1 aromatic carbocycles. The normalized spacial score (nSPS) is 14.7. The summed E-state index contributed by atoms with van der Waals surface area (Å²) in [6.07, 6.45) is 2.90. The molecular formula is C25H26F2N6OS. The molecule has 1 saturated heterocycles. The van der Waals surface area contributed by atoms with Crippen LogP contribution in [0.15, 0.2) is 42.6 Å². The van der Waals surface area contributed by atoms with Crippen LogP contribution in [0, 0.1) is 11.6 Å². The van der Waals surface area contributed by atoms with E-state index in [9.17, 15) is 13.9 Å². The lowest BCUT2D eigenvalue weighted by atomic mass is 10.1. The van der Waals surface area contributed by atoms with Crippen molar-refractivity contribution in [2.75, 3.05) is 37.4 Å². The van der Waals surface area contributed by atoms with Crippen LogP contribution in [0.3, 0.4) is 0 Å². The third-order valence-electron chi connectivity index (χ3n) is 5.93. The Morgan fingerprint density at radius 1 is 1.09 bits per heavy atom. The lowest BCUT2D eigenvalue weighted by molar-refractivity contribution is 0.145. The number of pyridine rings is 2. The van der Waals surface area contributed by atoms with Gasteiger partial charge < -0.3 is 20.2 Å². The zero-order valence-corrected chi connectivity index (χ0v) is 20.3. The Morgan fingerprint density at radius 2 is 1.83 bits per heavy atom. The predicted molar refractivity (Wildman–Crippen MR) is 135 cm³/mol. The highest BCUT2D eigenvalue weighted by molar-refractivity contribution is 7.21. The number of rotatable bonds is 6. The van der Waals surface area contributed by atoms with Crippen LogP contribution < -0.4 is 10.2 Å². The molecule has 4 heterocycles. The number of halogens is 2. The molecular weight excluding hydrogens is 470 g/mol. The van der Waals surface area contributed by atoms with Crippen molar-refractivity contribution in [2.45, 2.75) is 25.5 Å². The molecule has 0 aliphatic carbocycles. The lowest BCUT2D eigenvalue weighted by Gasteiger charge is -2.33. The molecule has 7 nitrogen and oxygen atoms in total. The van der Waals surface area contributed by atoms with Crippen molar-refractivity contribution in [1.29, 1.82) is 0 Å². The minimum Gasteiger partial charge on any atom is -0.393 e. The maximum absolute atomic E-state index is 14.2. The van der Waals surface area contributed by atoms with Crippen molar-refractivity contribution in [3.63, 3.8) is 0 Å². The lowest BCUT2D eigenvalue weighted by Crippen LogP contribution is -2.36. The van der Waals surface area contributed by atoms with E-state index >= 15 is 0 Å². The average Bonchev–Trinajstić information content (AvgIpc) is 3.22. The Morgan fingerprint density at radius 3 is 2.54 bits per heavy atom. The Balaban J connectivity index is 1.42. The molecule has 0 atom stereocenters. The molecule has 4 aromatic rings. The molecule has 0 amide bonds. The average molecular weight is 497 g/mol. The van der Waals surface area contributed by atoms with Gasteiger partial charge in [0, 0.05) is 31.9 Å². The Kier molecular flexibility index (Phi) is 6.59. The summed E-state index contributed by atoms with van der Waals surface area (Å²) in [7, 11) is 4.00. The standard InChI is InChI=1S/C25H26F2N6OS/c1-32(2)14-19-20(33-10-8-15(34)9-11-33)6-7-22(29-19)31-23-12-18-21(13-28-23)35-25(30-18)24-16(26)4-3-5-17(24)27/h3-7,12-13,15,34H,8-11,14H2,1-2H3,(H,28,29,31). The molecule has 10 heteroatoms. The second kappa shape index (κ2) is 9.80. The number of aromatic nitrogens is 3. The van der Waals surface area contributed by atoms with Gasteiger partial charge in [-0.05, 0) is 51.2 Å². The van der Waals surface area contributed by atoms with Crippen molar-refractivity contribution in [1.82, 2.24) is 19.9 Å². The highest BCUT2D eigenvalue weighted by Gasteiger charge is 2.21. The van der Waals surface area contributed by atoms with Crippen molar-refractivity contribution in [3.05, 3.63) is 59.9 Å². The van der Waals surface area contributed by atoms with Gasteiger partial charge in [0.05, 0.1) is 33.3 Å². The van der Waals surface area contributed by atoms with Crippen molar-refractivity contribution in [2.24, 2.45) is 0 Å². The molecule has 0 bridgehead atoms. The third-order valence-corrected chi connectivity index (χ3v) is 6.95. The van der Waals surface area contributed by atoms with Gasteiger partial charge in [0.1, 0.15) is 28.3 Å². The van der Waals surface area contributed by atoms with Crippen LogP contribution in [-0.2, 0) is 6.54 Å². The second-order valence-corrected chi connectivity index (χ2v) is 9.93. The van der Waals surface area contributed by atoms with Gasteiger partial charge in [-0.1, -0.05) is 6.07 Å². The first-order valence-corrected chi connectivity index (χ1v) is 12.2. The minimum absolute atomic E-state index is 0.126. The number of anilines is 3. The van der Waals surface area contributed by atoms with Gasteiger partial charge in [-0.2, -0.15) is 0 Å². The molecule has 35 heavy (non-hydrogen) atoms. The van der Waals surface area contributed by atoms with E-state index in [1.165, 1.54) is 29.5 Å². The molecule has 1 fully saturated rings. The monoisotopic (exact) mass is 496 g/mol. The summed E-state index contributed by atoms with van der Waals surface area (Å²) < 4.78 is 29.2. The molecule has 182 valence electrons. The van der Waals surface area contributed by atoms with E-state index in [2.05, 4.69) is 25.1 Å². The third kappa shape index (κ3) is 5.09. The SMILES string of the molecule is CN(C)Cc1nc(Nc2cc3nc(-c4c(F)cccc4F)sc3cn2)ccc1N1CCC(O)CC1. The van der Waals surface area contributed by atoms with Crippen LogP contribution in [0.2, 0.25) is 0 Å². The van der Waals surface area contributed by atoms with Gasteiger partial charge in [0.2, 0.25) is 0 Å². The maximum Gasteiger partial charge on any atom is 0.136 e. The number of aliphatic hydroxyl groups excluding tert-OH is 1. The number of piperidine rings is 1. The Labute approximate surface area is 206 Å². The van der Waals surface area contributed by atoms with Crippen molar-refractivity contribution >= 4 is 38.9 Å². The van der Waals surface area contributed by atoms with Crippen LogP contribution in [0.1, 0.15) is 18.5 Å². The van der Waals surface area contributed by atoms with Crippen LogP contribution in [0.4, 0.5) is 26.1 Å². The van der Waals surface area contributed by atoms with E-state index in [4.69, 9.17) is 4.98 Å². The zero-order chi connectivity index (χ0) is 24.5. The molecule has 1 aliphatic rings. The smallest absolute Gasteiger partial charge is 0.136 e. The van der Waals surface area contributed by atoms with Crippen molar-refractivity contribution < 1.29 is 13.9 Å². The number of hydrogen-bond acceptors (Lipinski definition) is 8. The quantitative estimate of drug-likeness (QED) is 0.397. The summed E-state index contributed by atoms with van der Waals surface area (Å²) >= 11 is 1.20. The summed E-state index contributed by atoms with van der Waals surface area (Å²) in [5.41, 5.74) is 2.47. The number of hydrogen-bond donors (Lipinski definition) is 2. The Hall–Kier alpha value is -3.21. The number of fused-ring (bicyclic) bond motifs is 1. The molecule has 5 rings (SSSR count). The number of nitrogens with zero attached hydrogens (tertiary/aromatic N) is 5. The van der Waals surface area contributed by atoms with E-state index in [0.29, 0.717) is 23.7 Å². The fraction of sp³-hybridized carbons (Fsp3) is 0.320. The summed E-state index contributed by atoms with van der Waals surface area (Å²) in [5, 5.41) is 13.4. The Bertz CT molecular complexity index is 1330. The maximum atomic E-state index is 14.2. The number of thiazole rings is 1.